The van der Waals surface area contributed by atoms with E-state index in [1.54, 1.807) is 12.1 Å². The van der Waals surface area contributed by atoms with Crippen LogP contribution in [0.3, 0.4) is 0 Å². The first-order valence-corrected chi connectivity index (χ1v) is 13.3. The van der Waals surface area contributed by atoms with E-state index in [1.165, 1.54) is 25.3 Å². The van der Waals surface area contributed by atoms with E-state index in [1.807, 2.05) is 24.3 Å². The van der Waals surface area contributed by atoms with Gasteiger partial charge in [-0.05, 0) is 81.8 Å². The fourth-order valence-corrected chi connectivity index (χ4v) is 5.39. The number of fused-ring (bicyclic) bond motifs is 1. The number of piperazine rings is 1. The lowest BCUT2D eigenvalue weighted by Crippen LogP contribution is -2.48. The highest BCUT2D eigenvalue weighted by Gasteiger charge is 2.43. The molecule has 2 N–H and O–H groups in total. The summed E-state index contributed by atoms with van der Waals surface area (Å²) in [6, 6.07) is 15.3. The van der Waals surface area contributed by atoms with Crippen LogP contribution in [0, 0.1) is 34.8 Å². The quantitative estimate of drug-likeness (QED) is 0.456. The summed E-state index contributed by atoms with van der Waals surface area (Å²) in [4.78, 5) is 11.5. The van der Waals surface area contributed by atoms with Gasteiger partial charge in [-0.15, -0.1) is 0 Å². The number of hydrogen-bond donors (Lipinski definition) is 1. The van der Waals surface area contributed by atoms with Gasteiger partial charge < -0.3 is 20.4 Å². The second-order valence-corrected chi connectivity index (χ2v) is 10.5. The molecule has 0 aromatic heterocycles. The van der Waals surface area contributed by atoms with Crippen molar-refractivity contribution in [1.29, 1.82) is 5.26 Å². The summed E-state index contributed by atoms with van der Waals surface area (Å²) in [6.45, 7) is 6.38. The largest absolute Gasteiger partial charge is 0.369 e. The van der Waals surface area contributed by atoms with Crippen LogP contribution < -0.4 is 5.73 Å². The second kappa shape index (κ2) is 13.0. The first kappa shape index (κ1) is 27.0. The molecule has 3 unspecified atom stereocenters. The van der Waals surface area contributed by atoms with Crippen molar-refractivity contribution in [2.75, 3.05) is 46.3 Å². The monoisotopic (exact) mass is 508 g/mol. The van der Waals surface area contributed by atoms with E-state index in [9.17, 15) is 8.78 Å². The van der Waals surface area contributed by atoms with Crippen LogP contribution in [0.15, 0.2) is 53.5 Å². The molecule has 37 heavy (non-hydrogen) atoms. The normalized spacial score (nSPS) is 23.8. The van der Waals surface area contributed by atoms with Gasteiger partial charge in [0.05, 0.1) is 17.3 Å². The van der Waals surface area contributed by atoms with Gasteiger partial charge in [0.25, 0.3) is 0 Å². The lowest BCUT2D eigenvalue weighted by Gasteiger charge is -2.36. The van der Waals surface area contributed by atoms with E-state index in [0.717, 1.165) is 76.1 Å². The summed E-state index contributed by atoms with van der Waals surface area (Å²) >= 11 is 0. The molecule has 1 saturated heterocycles. The van der Waals surface area contributed by atoms with Crippen LogP contribution in [0.5, 0.6) is 0 Å². The van der Waals surface area contributed by atoms with Crippen LogP contribution in [0.25, 0.3) is 0 Å². The van der Waals surface area contributed by atoms with Crippen LogP contribution in [0.2, 0.25) is 0 Å². The van der Waals surface area contributed by atoms with E-state index in [-0.39, 0.29) is 0 Å². The number of hydrogen-bond acceptors (Lipinski definition) is 4. The number of aliphatic imine (C=N–C) groups is 1. The Kier molecular flexibility index (Phi) is 9.48. The zero-order valence-electron chi connectivity index (χ0n) is 21.7. The number of nitriles is 1. The second-order valence-electron chi connectivity index (χ2n) is 10.5. The summed E-state index contributed by atoms with van der Waals surface area (Å²) in [5.74, 6) is 0.434. The van der Waals surface area contributed by atoms with Gasteiger partial charge in [-0.25, -0.2) is 13.8 Å². The zero-order valence-corrected chi connectivity index (χ0v) is 21.7. The Hall–Kier alpha value is -3.02. The maximum atomic E-state index is 13.6. The van der Waals surface area contributed by atoms with Crippen molar-refractivity contribution in [2.24, 2.45) is 22.6 Å². The maximum Gasteiger partial charge on any atom is 0.196 e. The Morgan fingerprint density at radius 2 is 1.78 bits per heavy atom. The molecule has 5 rings (SSSR count). The van der Waals surface area contributed by atoms with Crippen LogP contribution in [-0.4, -0.2) is 73.0 Å². The molecule has 198 valence electrons. The Balaban J connectivity index is 0.000000342. The number of guanidine groups is 1. The number of likely N-dealkylation sites (N-methyl/N-ethyl adjacent to an activating group) is 1. The first-order chi connectivity index (χ1) is 17.9. The minimum Gasteiger partial charge on any atom is -0.369 e. The number of nitrogens with two attached hydrogens (primary N) is 1. The lowest BCUT2D eigenvalue weighted by atomic mass is 9.94. The molecule has 3 fully saturated rings. The van der Waals surface area contributed by atoms with Gasteiger partial charge in [-0.2, -0.15) is 5.26 Å². The van der Waals surface area contributed by atoms with Gasteiger partial charge in [0.2, 0.25) is 0 Å². The summed E-state index contributed by atoms with van der Waals surface area (Å²) in [5.41, 5.74) is 7.49. The molecule has 3 atom stereocenters. The van der Waals surface area contributed by atoms with Crippen molar-refractivity contribution >= 4 is 11.6 Å². The molecule has 1 aliphatic heterocycles. The van der Waals surface area contributed by atoms with Crippen LogP contribution in [-0.2, 0) is 0 Å². The summed E-state index contributed by atoms with van der Waals surface area (Å²) in [7, 11) is 2.17. The lowest BCUT2D eigenvalue weighted by molar-refractivity contribution is 0.145. The predicted molar refractivity (Wildman–Crippen MR) is 143 cm³/mol. The first-order valence-electron chi connectivity index (χ1n) is 13.3. The Morgan fingerprint density at radius 1 is 1.03 bits per heavy atom. The van der Waals surface area contributed by atoms with E-state index in [4.69, 9.17) is 11.0 Å². The maximum absolute atomic E-state index is 13.6. The number of benzene rings is 2. The van der Waals surface area contributed by atoms with Crippen molar-refractivity contribution in [3.63, 3.8) is 0 Å². The molecule has 0 radical (unpaired) electrons. The van der Waals surface area contributed by atoms with Crippen molar-refractivity contribution < 1.29 is 8.78 Å². The molecular weight excluding hydrogens is 470 g/mol. The van der Waals surface area contributed by atoms with E-state index < -0.39 is 11.6 Å². The van der Waals surface area contributed by atoms with Gasteiger partial charge in [0.1, 0.15) is 0 Å². The fraction of sp³-hybridized carbons (Fsp3) is 0.517. The predicted octanol–water partition coefficient (Wildman–Crippen LogP) is 4.60. The van der Waals surface area contributed by atoms with Crippen molar-refractivity contribution in [2.45, 2.75) is 38.1 Å². The van der Waals surface area contributed by atoms with Gasteiger partial charge in [-0.1, -0.05) is 18.2 Å². The standard InChI is InChI=1S/C22H33F2N5.C7H5N/c1-27-9-11-28(12-10-27)7-2-8-29(19-5-3-16-13-17(16)14-19)22(25)26-18-4-6-20(23)21(24)15-18;8-6-7-4-2-1-3-5-7/h4,6,15-17,19H,2-3,5,7-14H2,1H3,(H2,25,26);1-5H. The van der Waals surface area contributed by atoms with Gasteiger partial charge in [0.15, 0.2) is 17.6 Å². The smallest absolute Gasteiger partial charge is 0.196 e. The van der Waals surface area contributed by atoms with E-state index >= 15 is 0 Å². The molecule has 6 nitrogen and oxygen atoms in total. The summed E-state index contributed by atoms with van der Waals surface area (Å²) in [6.07, 6.45) is 5.97. The molecule has 2 saturated carbocycles. The van der Waals surface area contributed by atoms with Crippen molar-refractivity contribution in [3.05, 3.63) is 65.7 Å². The Bertz CT molecular complexity index is 1080. The van der Waals surface area contributed by atoms with Gasteiger partial charge >= 0.3 is 0 Å². The van der Waals surface area contributed by atoms with Gasteiger partial charge in [-0.3, -0.25) is 0 Å². The molecule has 0 spiro atoms. The molecular formula is C29H38F2N6. The minimum absolute atomic E-state index is 0.366. The molecule has 2 aromatic carbocycles. The Labute approximate surface area is 219 Å². The highest BCUT2D eigenvalue weighted by molar-refractivity contribution is 5.81. The zero-order chi connectivity index (χ0) is 26.2. The fourth-order valence-electron chi connectivity index (χ4n) is 5.39. The molecule has 2 aromatic rings. The Morgan fingerprint density at radius 3 is 2.43 bits per heavy atom. The van der Waals surface area contributed by atoms with Crippen molar-refractivity contribution in [1.82, 2.24) is 14.7 Å². The highest BCUT2D eigenvalue weighted by Crippen LogP contribution is 2.50. The highest BCUT2D eigenvalue weighted by atomic mass is 19.2. The SMILES string of the molecule is CN1CCN(CCCN(C(N)=Nc2ccc(F)c(F)c2)C2CCC3CC3C2)CC1.N#Cc1ccccc1. The van der Waals surface area contributed by atoms with E-state index in [0.29, 0.717) is 23.3 Å². The third-order valence-corrected chi connectivity index (χ3v) is 7.77. The van der Waals surface area contributed by atoms with Crippen LogP contribution in [0.1, 0.15) is 37.7 Å². The summed E-state index contributed by atoms with van der Waals surface area (Å²) < 4.78 is 26.8. The summed E-state index contributed by atoms with van der Waals surface area (Å²) in [5, 5.41) is 8.29. The van der Waals surface area contributed by atoms with E-state index in [2.05, 4.69) is 26.7 Å². The number of halogens is 2. The van der Waals surface area contributed by atoms with Crippen LogP contribution in [0.4, 0.5) is 14.5 Å². The molecule has 3 aliphatic rings. The van der Waals surface area contributed by atoms with Gasteiger partial charge in [0, 0.05) is 44.8 Å². The number of rotatable bonds is 6. The van der Waals surface area contributed by atoms with Crippen LogP contribution >= 0.6 is 0 Å². The molecule has 0 amide bonds. The average molecular weight is 509 g/mol. The van der Waals surface area contributed by atoms with Crippen molar-refractivity contribution in [3.8, 4) is 6.07 Å². The molecule has 1 heterocycles. The third kappa shape index (κ3) is 7.98. The average Bonchev–Trinajstić information content (AvgIpc) is 3.70. The molecule has 2 aliphatic carbocycles. The number of nitrogens with zero attached hydrogens (tertiary/aromatic N) is 5. The molecule has 8 heteroatoms. The minimum atomic E-state index is -0.890. The topological polar surface area (TPSA) is 71.9 Å². The third-order valence-electron chi connectivity index (χ3n) is 7.77. The molecule has 0 bridgehead atoms.